The van der Waals surface area contributed by atoms with Gasteiger partial charge in [-0.1, -0.05) is 25.3 Å². The van der Waals surface area contributed by atoms with Gasteiger partial charge in [-0.15, -0.1) is 11.5 Å². The number of fused-ring (bicyclic) bond motifs is 1. The van der Waals surface area contributed by atoms with Crippen molar-refractivity contribution in [3.63, 3.8) is 0 Å². The summed E-state index contributed by atoms with van der Waals surface area (Å²) in [5, 5.41) is 7.55. The van der Waals surface area contributed by atoms with Crippen molar-refractivity contribution in [1.29, 1.82) is 0 Å². The SMILES string of the molecule is C#CC(CCC)Nc1nc2cccc(C)n2n1. The van der Waals surface area contributed by atoms with Crippen LogP contribution in [0.3, 0.4) is 0 Å². The Bertz CT molecular complexity index is 550. The zero-order chi connectivity index (χ0) is 12.3. The predicted octanol–water partition coefficient (Wildman–Crippen LogP) is 2.25. The summed E-state index contributed by atoms with van der Waals surface area (Å²) in [6.45, 7) is 4.10. The van der Waals surface area contributed by atoms with Crippen LogP contribution in [-0.2, 0) is 0 Å². The van der Waals surface area contributed by atoms with Crippen molar-refractivity contribution in [2.75, 3.05) is 5.32 Å². The molecule has 4 heteroatoms. The summed E-state index contributed by atoms with van der Waals surface area (Å²) in [5.74, 6) is 3.30. The summed E-state index contributed by atoms with van der Waals surface area (Å²) in [7, 11) is 0. The Morgan fingerprint density at radius 2 is 2.35 bits per heavy atom. The molecule has 0 aliphatic heterocycles. The van der Waals surface area contributed by atoms with Gasteiger partial charge in [0.1, 0.15) is 0 Å². The van der Waals surface area contributed by atoms with Crippen molar-refractivity contribution in [3.8, 4) is 12.3 Å². The highest BCUT2D eigenvalue weighted by Gasteiger charge is 2.08. The molecule has 0 aliphatic carbocycles. The first-order valence-corrected chi connectivity index (χ1v) is 5.79. The van der Waals surface area contributed by atoms with E-state index >= 15 is 0 Å². The van der Waals surface area contributed by atoms with Gasteiger partial charge in [0, 0.05) is 5.69 Å². The first kappa shape index (κ1) is 11.5. The van der Waals surface area contributed by atoms with E-state index in [4.69, 9.17) is 6.42 Å². The highest BCUT2D eigenvalue weighted by molar-refractivity contribution is 5.45. The van der Waals surface area contributed by atoms with Crippen LogP contribution < -0.4 is 5.32 Å². The van der Waals surface area contributed by atoms with Crippen LogP contribution >= 0.6 is 0 Å². The fourth-order valence-corrected chi connectivity index (χ4v) is 1.74. The first-order valence-electron chi connectivity index (χ1n) is 5.79. The summed E-state index contributed by atoms with van der Waals surface area (Å²) in [6.07, 6.45) is 7.41. The lowest BCUT2D eigenvalue weighted by molar-refractivity contribution is 0.747. The van der Waals surface area contributed by atoms with Crippen LogP contribution in [0.25, 0.3) is 5.65 Å². The molecule has 17 heavy (non-hydrogen) atoms. The molecular formula is C13H16N4. The van der Waals surface area contributed by atoms with E-state index in [-0.39, 0.29) is 6.04 Å². The van der Waals surface area contributed by atoms with Crippen LogP contribution in [0.1, 0.15) is 25.5 Å². The smallest absolute Gasteiger partial charge is 0.244 e. The maximum Gasteiger partial charge on any atom is 0.244 e. The molecule has 0 saturated heterocycles. The van der Waals surface area contributed by atoms with Gasteiger partial charge in [0.15, 0.2) is 5.65 Å². The third-order valence-corrected chi connectivity index (χ3v) is 2.63. The standard InChI is InChI=1S/C13H16N4/c1-4-7-11(5-2)14-13-15-12-9-6-8-10(3)17(12)16-13/h2,6,8-9,11H,4,7H2,1,3H3,(H,14,16). The van der Waals surface area contributed by atoms with Crippen molar-refractivity contribution in [1.82, 2.24) is 14.6 Å². The zero-order valence-corrected chi connectivity index (χ0v) is 10.1. The van der Waals surface area contributed by atoms with E-state index in [1.54, 1.807) is 0 Å². The molecule has 1 atom stereocenters. The number of rotatable bonds is 4. The lowest BCUT2D eigenvalue weighted by Crippen LogP contribution is -2.17. The van der Waals surface area contributed by atoms with E-state index in [0.29, 0.717) is 5.95 Å². The van der Waals surface area contributed by atoms with Gasteiger partial charge in [-0.05, 0) is 25.5 Å². The maximum absolute atomic E-state index is 5.46. The summed E-state index contributed by atoms with van der Waals surface area (Å²) in [6, 6.07) is 5.89. The van der Waals surface area contributed by atoms with Crippen molar-refractivity contribution in [2.24, 2.45) is 0 Å². The molecule has 0 saturated carbocycles. The molecule has 0 spiro atoms. The monoisotopic (exact) mass is 228 g/mol. The fourth-order valence-electron chi connectivity index (χ4n) is 1.74. The molecule has 88 valence electrons. The molecule has 0 radical (unpaired) electrons. The molecule has 0 aromatic carbocycles. The molecule has 4 nitrogen and oxygen atoms in total. The van der Waals surface area contributed by atoms with Crippen molar-refractivity contribution < 1.29 is 0 Å². The van der Waals surface area contributed by atoms with E-state index in [1.807, 2.05) is 29.6 Å². The third kappa shape index (κ3) is 2.39. The molecule has 0 fully saturated rings. The zero-order valence-electron chi connectivity index (χ0n) is 10.1. The minimum absolute atomic E-state index is 0.00211. The number of aromatic nitrogens is 3. The van der Waals surface area contributed by atoms with E-state index in [0.717, 1.165) is 24.2 Å². The van der Waals surface area contributed by atoms with Crippen LogP contribution in [0, 0.1) is 19.3 Å². The van der Waals surface area contributed by atoms with Gasteiger partial charge < -0.3 is 5.32 Å². The maximum atomic E-state index is 5.46. The molecule has 2 aromatic rings. The second-order valence-corrected chi connectivity index (χ2v) is 4.02. The molecule has 2 aromatic heterocycles. The topological polar surface area (TPSA) is 42.2 Å². The van der Waals surface area contributed by atoms with E-state index in [9.17, 15) is 0 Å². The second-order valence-electron chi connectivity index (χ2n) is 4.02. The lowest BCUT2D eigenvalue weighted by Gasteiger charge is -2.08. The Morgan fingerprint density at radius 1 is 1.53 bits per heavy atom. The van der Waals surface area contributed by atoms with Gasteiger partial charge in [-0.2, -0.15) is 4.98 Å². The first-order chi connectivity index (χ1) is 8.24. The number of nitrogens with one attached hydrogen (secondary N) is 1. The van der Waals surface area contributed by atoms with Crippen LogP contribution in [0.5, 0.6) is 0 Å². The lowest BCUT2D eigenvalue weighted by atomic mass is 10.2. The average Bonchev–Trinajstić information content (AvgIpc) is 2.72. The van der Waals surface area contributed by atoms with Crippen molar-refractivity contribution in [3.05, 3.63) is 23.9 Å². The molecule has 0 aliphatic rings. The summed E-state index contributed by atoms with van der Waals surface area (Å²) in [4.78, 5) is 4.39. The van der Waals surface area contributed by atoms with Gasteiger partial charge >= 0.3 is 0 Å². The normalized spacial score (nSPS) is 12.3. The fraction of sp³-hybridized carbons (Fsp3) is 0.385. The Hall–Kier alpha value is -2.02. The van der Waals surface area contributed by atoms with Gasteiger partial charge in [0.2, 0.25) is 5.95 Å². The van der Waals surface area contributed by atoms with Crippen LogP contribution in [0.2, 0.25) is 0 Å². The Morgan fingerprint density at radius 3 is 3.00 bits per heavy atom. The van der Waals surface area contributed by atoms with E-state index in [2.05, 4.69) is 28.2 Å². The van der Waals surface area contributed by atoms with Gasteiger partial charge in [0.25, 0.3) is 0 Å². The Labute approximate surface area is 101 Å². The second kappa shape index (κ2) is 4.88. The molecular weight excluding hydrogens is 212 g/mol. The Kier molecular flexibility index (Phi) is 3.29. The number of nitrogens with zero attached hydrogens (tertiary/aromatic N) is 3. The quantitative estimate of drug-likeness (QED) is 0.816. The van der Waals surface area contributed by atoms with E-state index in [1.165, 1.54) is 0 Å². The van der Waals surface area contributed by atoms with Gasteiger partial charge in [0.05, 0.1) is 6.04 Å². The van der Waals surface area contributed by atoms with Crippen LogP contribution in [0.15, 0.2) is 18.2 Å². The van der Waals surface area contributed by atoms with E-state index < -0.39 is 0 Å². The van der Waals surface area contributed by atoms with Gasteiger partial charge in [-0.3, -0.25) is 0 Å². The number of anilines is 1. The predicted molar refractivity (Wildman–Crippen MR) is 68.9 cm³/mol. The highest BCUT2D eigenvalue weighted by Crippen LogP contribution is 2.10. The van der Waals surface area contributed by atoms with Crippen molar-refractivity contribution in [2.45, 2.75) is 32.7 Å². The summed E-state index contributed by atoms with van der Waals surface area (Å²) >= 11 is 0. The van der Waals surface area contributed by atoms with Crippen LogP contribution in [0.4, 0.5) is 5.95 Å². The molecule has 2 heterocycles. The summed E-state index contributed by atoms with van der Waals surface area (Å²) < 4.78 is 1.81. The molecule has 2 rings (SSSR count). The molecule has 0 amide bonds. The largest absolute Gasteiger partial charge is 0.339 e. The minimum Gasteiger partial charge on any atom is -0.339 e. The number of aryl methyl sites for hydroxylation is 1. The Balaban J connectivity index is 2.25. The molecule has 0 bridgehead atoms. The number of hydrogen-bond acceptors (Lipinski definition) is 3. The van der Waals surface area contributed by atoms with Crippen molar-refractivity contribution >= 4 is 11.6 Å². The molecule has 1 unspecified atom stereocenters. The minimum atomic E-state index is -0.00211. The van der Waals surface area contributed by atoms with Gasteiger partial charge in [-0.25, -0.2) is 4.52 Å². The number of pyridine rings is 1. The molecule has 1 N–H and O–H groups in total. The number of terminal acetylenes is 1. The highest BCUT2D eigenvalue weighted by atomic mass is 15.4. The average molecular weight is 228 g/mol. The number of hydrogen-bond donors (Lipinski definition) is 1. The van der Waals surface area contributed by atoms with Crippen LogP contribution in [-0.4, -0.2) is 20.6 Å². The third-order valence-electron chi connectivity index (χ3n) is 2.63. The summed E-state index contributed by atoms with van der Waals surface area (Å²) in [5.41, 5.74) is 1.88.